The Bertz CT molecular complexity index is 700. The number of halogens is 2. The topological polar surface area (TPSA) is 59.1 Å². The van der Waals surface area contributed by atoms with Crippen LogP contribution in [0.1, 0.15) is 10.6 Å². The van der Waals surface area contributed by atoms with Crippen LogP contribution in [0.4, 0.5) is 0 Å². The molecule has 1 aromatic heterocycles. The van der Waals surface area contributed by atoms with Crippen molar-refractivity contribution in [2.45, 2.75) is 18.4 Å². The number of rotatable bonds is 4. The molecule has 0 aliphatic rings. The van der Waals surface area contributed by atoms with Crippen LogP contribution in [0.25, 0.3) is 0 Å². The van der Waals surface area contributed by atoms with Crippen LogP contribution < -0.4 is 4.72 Å². The predicted octanol–water partition coefficient (Wildman–Crippen LogP) is 3.35. The van der Waals surface area contributed by atoms with Gasteiger partial charge < -0.3 is 0 Å². The highest BCUT2D eigenvalue weighted by Gasteiger charge is 2.18. The van der Waals surface area contributed by atoms with Gasteiger partial charge in [0, 0.05) is 15.9 Å². The van der Waals surface area contributed by atoms with E-state index in [9.17, 15) is 8.42 Å². The summed E-state index contributed by atoms with van der Waals surface area (Å²) in [5, 5.41) is 0.183. The van der Waals surface area contributed by atoms with Crippen molar-refractivity contribution < 1.29 is 8.42 Å². The van der Waals surface area contributed by atoms with Gasteiger partial charge in [-0.15, -0.1) is 11.3 Å². The molecule has 0 saturated carbocycles. The van der Waals surface area contributed by atoms with Gasteiger partial charge in [0.2, 0.25) is 10.0 Å². The number of aromatic nitrogens is 1. The van der Waals surface area contributed by atoms with E-state index in [-0.39, 0.29) is 16.5 Å². The molecule has 0 aliphatic heterocycles. The maximum Gasteiger partial charge on any atom is 0.242 e. The molecule has 1 heterocycles. The Balaban J connectivity index is 2.21. The summed E-state index contributed by atoms with van der Waals surface area (Å²) in [6.45, 7) is 2.05. The lowest BCUT2D eigenvalue weighted by atomic mass is 10.4. The van der Waals surface area contributed by atoms with E-state index in [1.165, 1.54) is 17.4 Å². The second-order valence-corrected chi connectivity index (χ2v) is 7.76. The van der Waals surface area contributed by atoms with Gasteiger partial charge in [0.1, 0.15) is 4.90 Å². The summed E-state index contributed by atoms with van der Waals surface area (Å²) in [5.74, 6) is 0. The minimum Gasteiger partial charge on any atom is -0.250 e. The zero-order valence-corrected chi connectivity index (χ0v) is 13.8. The van der Waals surface area contributed by atoms with E-state index in [1.54, 1.807) is 17.6 Å². The van der Waals surface area contributed by atoms with Gasteiger partial charge in [-0.3, -0.25) is 0 Å². The van der Waals surface area contributed by atoms with Crippen molar-refractivity contribution in [1.29, 1.82) is 0 Å². The molecule has 0 bridgehead atoms. The standard InChI is InChI=1S/C11H10BrClN2O2S2/c1-7-10(18-6-14-7)5-15-19(16,17)11-3-2-8(12)4-9(11)13/h2-4,6,15H,5H2,1H3. The Labute approximate surface area is 129 Å². The molecule has 0 radical (unpaired) electrons. The molecular weight excluding hydrogens is 372 g/mol. The lowest BCUT2D eigenvalue weighted by Gasteiger charge is -2.08. The first-order valence-electron chi connectivity index (χ1n) is 5.24. The maximum atomic E-state index is 12.1. The second-order valence-electron chi connectivity index (χ2n) is 3.76. The van der Waals surface area contributed by atoms with Gasteiger partial charge in [0.15, 0.2) is 0 Å². The molecule has 0 unspecified atom stereocenters. The van der Waals surface area contributed by atoms with E-state index in [0.29, 0.717) is 0 Å². The van der Waals surface area contributed by atoms with Crippen LogP contribution in [-0.2, 0) is 16.6 Å². The van der Waals surface area contributed by atoms with Gasteiger partial charge in [-0.25, -0.2) is 18.1 Å². The minimum atomic E-state index is -3.62. The summed E-state index contributed by atoms with van der Waals surface area (Å²) in [6, 6.07) is 4.65. The molecule has 1 aromatic carbocycles. The van der Waals surface area contributed by atoms with Gasteiger partial charge in [0.05, 0.1) is 16.2 Å². The van der Waals surface area contributed by atoms with Crippen LogP contribution in [0, 0.1) is 6.92 Å². The number of nitrogens with one attached hydrogen (secondary N) is 1. The monoisotopic (exact) mass is 380 g/mol. The smallest absolute Gasteiger partial charge is 0.242 e. The molecule has 0 amide bonds. The Morgan fingerprint density at radius 2 is 2.21 bits per heavy atom. The van der Waals surface area contributed by atoms with Crippen LogP contribution in [-0.4, -0.2) is 13.4 Å². The van der Waals surface area contributed by atoms with Crippen LogP contribution in [0.3, 0.4) is 0 Å². The quantitative estimate of drug-likeness (QED) is 0.883. The summed E-state index contributed by atoms with van der Waals surface area (Å²) in [6.07, 6.45) is 0. The van der Waals surface area contributed by atoms with E-state index in [1.807, 2.05) is 6.92 Å². The number of sulfonamides is 1. The number of benzene rings is 1. The van der Waals surface area contributed by atoms with Crippen molar-refractivity contribution in [1.82, 2.24) is 9.71 Å². The van der Waals surface area contributed by atoms with E-state index < -0.39 is 10.0 Å². The fourth-order valence-electron chi connectivity index (χ4n) is 1.43. The Kier molecular flexibility index (Phi) is 4.62. The van der Waals surface area contributed by atoms with Crippen molar-refractivity contribution in [3.05, 3.63) is 43.8 Å². The first-order valence-corrected chi connectivity index (χ1v) is 8.77. The van der Waals surface area contributed by atoms with E-state index in [0.717, 1.165) is 15.0 Å². The molecule has 1 N–H and O–H groups in total. The summed E-state index contributed by atoms with van der Waals surface area (Å²) in [4.78, 5) is 5.03. The van der Waals surface area contributed by atoms with E-state index in [4.69, 9.17) is 11.6 Å². The fourth-order valence-corrected chi connectivity index (χ4v) is 4.27. The van der Waals surface area contributed by atoms with Gasteiger partial charge in [-0.05, 0) is 25.1 Å². The lowest BCUT2D eigenvalue weighted by Crippen LogP contribution is -2.23. The number of aryl methyl sites for hydroxylation is 1. The largest absolute Gasteiger partial charge is 0.250 e. The van der Waals surface area contributed by atoms with Crippen molar-refractivity contribution in [2.75, 3.05) is 0 Å². The minimum absolute atomic E-state index is 0.0690. The Morgan fingerprint density at radius 3 is 2.79 bits per heavy atom. The third kappa shape index (κ3) is 3.55. The first-order chi connectivity index (χ1) is 8.90. The molecule has 0 fully saturated rings. The molecule has 102 valence electrons. The van der Waals surface area contributed by atoms with Gasteiger partial charge in [-0.2, -0.15) is 0 Å². The highest BCUT2D eigenvalue weighted by Crippen LogP contribution is 2.25. The fraction of sp³-hybridized carbons (Fsp3) is 0.182. The number of hydrogen-bond acceptors (Lipinski definition) is 4. The summed E-state index contributed by atoms with van der Waals surface area (Å²) >= 11 is 10.6. The Hall–Kier alpha value is -0.470. The third-order valence-electron chi connectivity index (χ3n) is 2.45. The van der Waals surface area contributed by atoms with Gasteiger partial charge >= 0.3 is 0 Å². The average Bonchev–Trinajstić information content (AvgIpc) is 2.72. The number of hydrogen-bond donors (Lipinski definition) is 1. The molecule has 4 nitrogen and oxygen atoms in total. The SMILES string of the molecule is Cc1ncsc1CNS(=O)(=O)c1ccc(Br)cc1Cl. The average molecular weight is 382 g/mol. The lowest BCUT2D eigenvalue weighted by molar-refractivity contribution is 0.581. The van der Waals surface area contributed by atoms with E-state index in [2.05, 4.69) is 25.6 Å². The summed E-state index contributed by atoms with van der Waals surface area (Å²) in [7, 11) is -3.62. The van der Waals surface area contributed by atoms with Crippen LogP contribution >= 0.6 is 38.9 Å². The zero-order valence-electron chi connectivity index (χ0n) is 9.85. The molecule has 8 heteroatoms. The van der Waals surface area contributed by atoms with Crippen molar-refractivity contribution in [3.8, 4) is 0 Å². The third-order valence-corrected chi connectivity index (χ3v) is 5.76. The highest BCUT2D eigenvalue weighted by atomic mass is 79.9. The maximum absolute atomic E-state index is 12.1. The van der Waals surface area contributed by atoms with Crippen molar-refractivity contribution in [3.63, 3.8) is 0 Å². The van der Waals surface area contributed by atoms with E-state index >= 15 is 0 Å². The first kappa shape index (κ1) is 14.9. The highest BCUT2D eigenvalue weighted by molar-refractivity contribution is 9.10. The van der Waals surface area contributed by atoms with Crippen molar-refractivity contribution >= 4 is 48.9 Å². The number of thiazole rings is 1. The normalized spacial score (nSPS) is 11.7. The van der Waals surface area contributed by atoms with Crippen molar-refractivity contribution in [2.24, 2.45) is 0 Å². The molecule has 0 atom stereocenters. The summed E-state index contributed by atoms with van der Waals surface area (Å²) < 4.78 is 27.5. The predicted molar refractivity (Wildman–Crippen MR) is 80.0 cm³/mol. The summed E-state index contributed by atoms with van der Waals surface area (Å²) in [5.41, 5.74) is 2.51. The number of nitrogens with zero attached hydrogens (tertiary/aromatic N) is 1. The molecule has 0 aliphatic carbocycles. The molecular formula is C11H10BrClN2O2S2. The molecule has 2 rings (SSSR count). The zero-order chi connectivity index (χ0) is 14.0. The molecule has 0 saturated heterocycles. The molecule has 2 aromatic rings. The van der Waals surface area contributed by atoms with Crippen LogP contribution in [0.5, 0.6) is 0 Å². The molecule has 19 heavy (non-hydrogen) atoms. The van der Waals surface area contributed by atoms with Gasteiger partial charge in [-0.1, -0.05) is 27.5 Å². The molecule has 0 spiro atoms. The van der Waals surface area contributed by atoms with Crippen LogP contribution in [0.15, 0.2) is 33.1 Å². The van der Waals surface area contributed by atoms with Crippen LogP contribution in [0.2, 0.25) is 5.02 Å². The van der Waals surface area contributed by atoms with Gasteiger partial charge in [0.25, 0.3) is 0 Å². The Morgan fingerprint density at radius 1 is 1.47 bits per heavy atom. The second kappa shape index (κ2) is 5.88.